The van der Waals surface area contributed by atoms with Gasteiger partial charge in [0.25, 0.3) is 0 Å². The Labute approximate surface area is 113 Å². The Kier molecular flexibility index (Phi) is 3.96. The monoisotopic (exact) mass is 260 g/mol. The van der Waals surface area contributed by atoms with Gasteiger partial charge in [-0.2, -0.15) is 5.26 Å². The maximum atomic E-state index is 10.2. The van der Waals surface area contributed by atoms with E-state index in [9.17, 15) is 10.4 Å². The van der Waals surface area contributed by atoms with E-state index >= 15 is 0 Å². The first kappa shape index (κ1) is 13.7. The van der Waals surface area contributed by atoms with Crippen LogP contribution in [-0.2, 0) is 5.41 Å². The summed E-state index contributed by atoms with van der Waals surface area (Å²) in [5.74, 6) is 0.593. The van der Waals surface area contributed by atoms with Gasteiger partial charge in [-0.3, -0.25) is 0 Å². The van der Waals surface area contributed by atoms with E-state index in [1.807, 2.05) is 0 Å². The Balaban J connectivity index is 2.51. The number of methoxy groups -OCH3 is 1. The second-order valence-corrected chi connectivity index (χ2v) is 5.23. The Bertz CT molecular complexity index is 500. The van der Waals surface area contributed by atoms with Crippen LogP contribution in [0.25, 0.3) is 0 Å². The first-order valence-electron chi connectivity index (χ1n) is 6.68. The number of phenolic OH excluding ortho intramolecular Hbond substituents is 1. The van der Waals surface area contributed by atoms with E-state index in [1.54, 1.807) is 6.07 Å². The minimum Gasteiger partial charge on any atom is -0.508 e. The van der Waals surface area contributed by atoms with Gasteiger partial charge in [-0.05, 0) is 18.9 Å². The largest absolute Gasteiger partial charge is 0.508 e. The molecule has 1 aromatic carbocycles. The number of benzene rings is 1. The Morgan fingerprint density at radius 1 is 1.37 bits per heavy atom. The standard InChI is InChI=1S/C15H20N2O2/c1-19-14-8-13(18)12(7-11(14)9-16)15(10-17)5-3-2-4-6-15/h7-8,18H,2-6,10,17H2,1H3. The first-order chi connectivity index (χ1) is 9.16. The number of nitrogens with zero attached hydrogens (tertiary/aromatic N) is 1. The molecule has 1 saturated carbocycles. The lowest BCUT2D eigenvalue weighted by Gasteiger charge is -2.37. The van der Waals surface area contributed by atoms with Crippen LogP contribution in [0.2, 0.25) is 0 Å². The quantitative estimate of drug-likeness (QED) is 0.874. The molecule has 3 N–H and O–H groups in total. The topological polar surface area (TPSA) is 79.3 Å². The molecular formula is C15H20N2O2. The van der Waals surface area contributed by atoms with Gasteiger partial charge in [0, 0.05) is 23.6 Å². The highest BCUT2D eigenvalue weighted by molar-refractivity contribution is 5.54. The molecule has 0 unspecified atom stereocenters. The van der Waals surface area contributed by atoms with Gasteiger partial charge < -0.3 is 15.6 Å². The van der Waals surface area contributed by atoms with E-state index in [-0.39, 0.29) is 11.2 Å². The van der Waals surface area contributed by atoms with Gasteiger partial charge in [0.15, 0.2) is 0 Å². The van der Waals surface area contributed by atoms with Gasteiger partial charge in [0.05, 0.1) is 12.7 Å². The summed E-state index contributed by atoms with van der Waals surface area (Å²) in [7, 11) is 1.49. The number of nitrogens with two attached hydrogens (primary N) is 1. The molecule has 102 valence electrons. The molecule has 1 aliphatic carbocycles. The molecule has 0 amide bonds. The van der Waals surface area contributed by atoms with Crippen molar-refractivity contribution in [2.24, 2.45) is 5.73 Å². The molecule has 0 aliphatic heterocycles. The summed E-state index contributed by atoms with van der Waals surface area (Å²) in [4.78, 5) is 0. The molecule has 2 rings (SSSR count). The lowest BCUT2D eigenvalue weighted by molar-refractivity contribution is 0.290. The highest BCUT2D eigenvalue weighted by atomic mass is 16.5. The van der Waals surface area contributed by atoms with Crippen molar-refractivity contribution in [2.45, 2.75) is 37.5 Å². The van der Waals surface area contributed by atoms with Gasteiger partial charge in [0.2, 0.25) is 0 Å². The van der Waals surface area contributed by atoms with Crippen molar-refractivity contribution in [1.29, 1.82) is 5.26 Å². The van der Waals surface area contributed by atoms with E-state index in [0.29, 0.717) is 17.9 Å². The summed E-state index contributed by atoms with van der Waals surface area (Å²) in [6.07, 6.45) is 5.38. The summed E-state index contributed by atoms with van der Waals surface area (Å²) >= 11 is 0. The SMILES string of the molecule is COc1cc(O)c(C2(CN)CCCCC2)cc1C#N. The average Bonchev–Trinajstić information content (AvgIpc) is 2.47. The third kappa shape index (κ3) is 2.39. The molecule has 0 saturated heterocycles. The summed E-state index contributed by atoms with van der Waals surface area (Å²) in [5.41, 5.74) is 7.03. The van der Waals surface area contributed by atoms with Crippen molar-refractivity contribution in [3.63, 3.8) is 0 Å². The highest BCUT2D eigenvalue weighted by Crippen LogP contribution is 2.44. The molecule has 0 atom stereocenters. The van der Waals surface area contributed by atoms with Crippen LogP contribution in [0.4, 0.5) is 0 Å². The number of rotatable bonds is 3. The van der Waals surface area contributed by atoms with Crippen molar-refractivity contribution in [1.82, 2.24) is 0 Å². The summed E-state index contributed by atoms with van der Waals surface area (Å²) in [6, 6.07) is 5.39. The van der Waals surface area contributed by atoms with Crippen molar-refractivity contribution in [3.8, 4) is 17.6 Å². The van der Waals surface area contributed by atoms with Crippen LogP contribution in [0.3, 0.4) is 0 Å². The van der Waals surface area contributed by atoms with E-state index in [2.05, 4.69) is 6.07 Å². The number of hydrogen-bond acceptors (Lipinski definition) is 4. The molecule has 4 nitrogen and oxygen atoms in total. The molecule has 1 aromatic rings. The number of phenols is 1. The fourth-order valence-electron chi connectivity index (χ4n) is 3.06. The first-order valence-corrected chi connectivity index (χ1v) is 6.68. The van der Waals surface area contributed by atoms with E-state index in [0.717, 1.165) is 31.2 Å². The van der Waals surface area contributed by atoms with E-state index in [1.165, 1.54) is 19.6 Å². The van der Waals surface area contributed by atoms with Crippen LogP contribution >= 0.6 is 0 Å². The third-order valence-electron chi connectivity index (χ3n) is 4.21. The summed E-state index contributed by atoms with van der Waals surface area (Å²) < 4.78 is 5.11. The van der Waals surface area contributed by atoms with E-state index in [4.69, 9.17) is 10.5 Å². The second kappa shape index (κ2) is 5.50. The fraction of sp³-hybridized carbons (Fsp3) is 0.533. The third-order valence-corrected chi connectivity index (χ3v) is 4.21. The molecular weight excluding hydrogens is 240 g/mol. The molecule has 0 bridgehead atoms. The van der Waals surface area contributed by atoms with Gasteiger partial charge in [-0.15, -0.1) is 0 Å². The number of aromatic hydroxyl groups is 1. The predicted octanol–water partition coefficient (Wildman–Crippen LogP) is 2.43. The zero-order valence-electron chi connectivity index (χ0n) is 11.3. The molecule has 0 radical (unpaired) electrons. The van der Waals surface area contributed by atoms with Crippen LogP contribution in [-0.4, -0.2) is 18.8 Å². The molecule has 0 heterocycles. The van der Waals surface area contributed by atoms with Gasteiger partial charge in [-0.1, -0.05) is 19.3 Å². The zero-order chi connectivity index (χ0) is 13.9. The predicted molar refractivity (Wildman–Crippen MR) is 73.2 cm³/mol. The van der Waals surface area contributed by atoms with Crippen LogP contribution < -0.4 is 10.5 Å². The van der Waals surface area contributed by atoms with Crippen molar-refractivity contribution >= 4 is 0 Å². The van der Waals surface area contributed by atoms with Crippen molar-refractivity contribution in [2.75, 3.05) is 13.7 Å². The fourth-order valence-corrected chi connectivity index (χ4v) is 3.06. The zero-order valence-corrected chi connectivity index (χ0v) is 11.3. The lowest BCUT2D eigenvalue weighted by atomic mass is 9.69. The minimum absolute atomic E-state index is 0.184. The van der Waals surface area contributed by atoms with Crippen molar-refractivity contribution < 1.29 is 9.84 Å². The van der Waals surface area contributed by atoms with Gasteiger partial charge >= 0.3 is 0 Å². The van der Waals surface area contributed by atoms with Crippen LogP contribution in [0.1, 0.15) is 43.2 Å². The van der Waals surface area contributed by atoms with E-state index < -0.39 is 0 Å². The van der Waals surface area contributed by atoms with Gasteiger partial charge in [0.1, 0.15) is 17.6 Å². The second-order valence-electron chi connectivity index (χ2n) is 5.23. The molecule has 0 aromatic heterocycles. The van der Waals surface area contributed by atoms with Gasteiger partial charge in [-0.25, -0.2) is 0 Å². The minimum atomic E-state index is -0.194. The lowest BCUT2D eigenvalue weighted by Crippen LogP contribution is -2.37. The summed E-state index contributed by atoms with van der Waals surface area (Å²) in [5, 5.41) is 19.4. The smallest absolute Gasteiger partial charge is 0.140 e. The van der Waals surface area contributed by atoms with Crippen LogP contribution in [0.5, 0.6) is 11.5 Å². The Morgan fingerprint density at radius 3 is 2.58 bits per heavy atom. The molecule has 19 heavy (non-hydrogen) atoms. The Hall–Kier alpha value is -1.73. The maximum Gasteiger partial charge on any atom is 0.140 e. The average molecular weight is 260 g/mol. The molecule has 0 spiro atoms. The summed E-state index contributed by atoms with van der Waals surface area (Å²) in [6.45, 7) is 0.498. The van der Waals surface area contributed by atoms with Crippen LogP contribution in [0.15, 0.2) is 12.1 Å². The normalized spacial score (nSPS) is 17.7. The van der Waals surface area contributed by atoms with Crippen LogP contribution in [0, 0.1) is 11.3 Å². The number of ether oxygens (including phenoxy) is 1. The number of hydrogen-bond donors (Lipinski definition) is 2. The van der Waals surface area contributed by atoms with Crippen molar-refractivity contribution in [3.05, 3.63) is 23.3 Å². The highest BCUT2D eigenvalue weighted by Gasteiger charge is 2.35. The number of nitriles is 1. The molecule has 4 heteroatoms. The molecule has 1 fully saturated rings. The molecule has 1 aliphatic rings. The maximum absolute atomic E-state index is 10.2. The Morgan fingerprint density at radius 2 is 2.05 bits per heavy atom.